The molecule has 0 bridgehead atoms. The number of likely N-dealkylation sites (tertiary alicyclic amines) is 1. The molecule has 0 spiro atoms. The van der Waals surface area contributed by atoms with Crippen LogP contribution in [0.2, 0.25) is 0 Å². The molecule has 1 aromatic carbocycles. The monoisotopic (exact) mass is 665 g/mol. The van der Waals surface area contributed by atoms with Crippen LogP contribution in [0.1, 0.15) is 81.4 Å². The summed E-state index contributed by atoms with van der Waals surface area (Å²) in [6.45, 7) is 10.5. The number of hydrogen-bond donors (Lipinski definition) is 3. The second kappa shape index (κ2) is 17.9. The van der Waals surface area contributed by atoms with Gasteiger partial charge in [0, 0.05) is 18.0 Å². The zero-order chi connectivity index (χ0) is 34.7. The molecule has 2 heterocycles. The van der Waals surface area contributed by atoms with Crippen molar-refractivity contribution < 1.29 is 24.3 Å². The van der Waals surface area contributed by atoms with Crippen LogP contribution in [-0.2, 0) is 20.8 Å². The fourth-order valence-electron chi connectivity index (χ4n) is 5.79. The van der Waals surface area contributed by atoms with Crippen LogP contribution in [0.3, 0.4) is 0 Å². The van der Waals surface area contributed by atoms with Crippen molar-refractivity contribution in [2.24, 2.45) is 11.8 Å². The highest BCUT2D eigenvalue weighted by Crippen LogP contribution is 2.21. The Labute approximate surface area is 283 Å². The van der Waals surface area contributed by atoms with Crippen molar-refractivity contribution in [3.8, 4) is 0 Å². The van der Waals surface area contributed by atoms with E-state index in [0.29, 0.717) is 11.4 Å². The zero-order valence-electron chi connectivity index (χ0n) is 28.7. The Kier molecular flexibility index (Phi) is 14.3. The lowest BCUT2D eigenvalue weighted by Crippen LogP contribution is -2.57. The smallest absolute Gasteiger partial charge is 0.331 e. The summed E-state index contributed by atoms with van der Waals surface area (Å²) in [5.41, 5.74) is 1.33. The molecule has 0 unspecified atom stereocenters. The third kappa shape index (κ3) is 10.9. The molecule has 256 valence electrons. The first-order valence-corrected chi connectivity index (χ1v) is 17.4. The van der Waals surface area contributed by atoms with Gasteiger partial charge < -0.3 is 20.6 Å². The number of aliphatic carboxylic acids is 1. The molecule has 10 nitrogen and oxygen atoms in total. The van der Waals surface area contributed by atoms with Gasteiger partial charge in [0.05, 0.1) is 18.1 Å². The van der Waals surface area contributed by atoms with Crippen LogP contribution >= 0.6 is 11.3 Å². The van der Waals surface area contributed by atoms with E-state index in [4.69, 9.17) is 0 Å². The predicted molar refractivity (Wildman–Crippen MR) is 187 cm³/mol. The molecule has 3 amide bonds. The number of piperidine rings is 1. The number of nitrogens with zero attached hydrogens (tertiary/aromatic N) is 3. The van der Waals surface area contributed by atoms with Crippen molar-refractivity contribution in [3.05, 3.63) is 69.7 Å². The van der Waals surface area contributed by atoms with Crippen LogP contribution in [-0.4, -0.2) is 88.4 Å². The fourth-order valence-corrected chi connectivity index (χ4v) is 6.49. The lowest BCUT2D eigenvalue weighted by Gasteiger charge is -2.36. The second-order valence-electron chi connectivity index (χ2n) is 12.9. The van der Waals surface area contributed by atoms with E-state index in [2.05, 4.69) is 20.5 Å². The van der Waals surface area contributed by atoms with Crippen LogP contribution in [0.15, 0.2) is 53.4 Å². The molecule has 0 radical (unpaired) electrons. The van der Waals surface area contributed by atoms with Crippen molar-refractivity contribution in [1.82, 2.24) is 25.4 Å². The molecular weight excluding hydrogens is 614 g/mol. The SMILES string of the molecule is CC[C@H](C)[C@H](NC(=O)[C@H]1CCCCN1C)C(=O)N(C)[C@H](C=Cc1nc(C(=O)N[C@H](C=C(C)C(=O)O)Cc2ccccc2)cs1)C(C)C. The van der Waals surface area contributed by atoms with Gasteiger partial charge in [-0.15, -0.1) is 11.3 Å². The molecule has 3 N–H and O–H groups in total. The Morgan fingerprint density at radius 1 is 1.13 bits per heavy atom. The Morgan fingerprint density at radius 3 is 2.45 bits per heavy atom. The van der Waals surface area contributed by atoms with Crippen molar-refractivity contribution in [1.29, 1.82) is 0 Å². The van der Waals surface area contributed by atoms with Crippen LogP contribution in [0.25, 0.3) is 6.08 Å². The number of carboxylic acids is 1. The maximum atomic E-state index is 13.9. The molecule has 2 aromatic rings. The third-order valence-electron chi connectivity index (χ3n) is 8.92. The van der Waals surface area contributed by atoms with Gasteiger partial charge in [-0.05, 0) is 63.3 Å². The van der Waals surface area contributed by atoms with E-state index in [9.17, 15) is 24.3 Å². The fraction of sp³-hybridized carbons (Fsp3) is 0.528. The van der Waals surface area contributed by atoms with Gasteiger partial charge in [-0.3, -0.25) is 19.3 Å². The average molecular weight is 666 g/mol. The summed E-state index contributed by atoms with van der Waals surface area (Å²) in [4.78, 5) is 60.1. The van der Waals surface area contributed by atoms with Gasteiger partial charge in [-0.2, -0.15) is 0 Å². The van der Waals surface area contributed by atoms with E-state index in [1.165, 1.54) is 18.3 Å². The number of rotatable bonds is 15. The normalized spacial score (nSPS) is 18.4. The number of carboxylic acid groups (broad SMARTS) is 1. The van der Waals surface area contributed by atoms with Crippen LogP contribution in [0, 0.1) is 11.8 Å². The van der Waals surface area contributed by atoms with E-state index in [1.54, 1.807) is 23.4 Å². The number of amides is 3. The molecule has 1 aliphatic rings. The Morgan fingerprint density at radius 2 is 1.83 bits per heavy atom. The van der Waals surface area contributed by atoms with Crippen molar-refractivity contribution in [2.75, 3.05) is 20.6 Å². The number of hydrogen-bond acceptors (Lipinski definition) is 7. The molecule has 1 fully saturated rings. The maximum absolute atomic E-state index is 13.9. The second-order valence-corrected chi connectivity index (χ2v) is 13.8. The molecule has 1 saturated heterocycles. The summed E-state index contributed by atoms with van der Waals surface area (Å²) < 4.78 is 0. The molecule has 1 aliphatic heterocycles. The third-order valence-corrected chi connectivity index (χ3v) is 9.73. The minimum Gasteiger partial charge on any atom is -0.478 e. The van der Waals surface area contributed by atoms with Gasteiger partial charge in [0.15, 0.2) is 0 Å². The van der Waals surface area contributed by atoms with Gasteiger partial charge in [0.25, 0.3) is 5.91 Å². The van der Waals surface area contributed by atoms with Crippen molar-refractivity contribution in [3.63, 3.8) is 0 Å². The van der Waals surface area contributed by atoms with Crippen molar-refractivity contribution in [2.45, 2.75) is 90.9 Å². The zero-order valence-corrected chi connectivity index (χ0v) is 29.5. The first-order valence-electron chi connectivity index (χ1n) is 16.5. The summed E-state index contributed by atoms with van der Waals surface area (Å²) in [6.07, 6.45) is 9.32. The minimum absolute atomic E-state index is 0.0422. The molecule has 47 heavy (non-hydrogen) atoms. The lowest BCUT2D eigenvalue weighted by molar-refractivity contribution is -0.140. The summed E-state index contributed by atoms with van der Waals surface area (Å²) in [7, 11) is 3.73. The summed E-state index contributed by atoms with van der Waals surface area (Å²) in [5.74, 6) is -1.65. The van der Waals surface area contributed by atoms with Gasteiger partial charge in [-0.25, -0.2) is 9.78 Å². The number of aromatic nitrogens is 1. The van der Waals surface area contributed by atoms with E-state index >= 15 is 0 Å². The average Bonchev–Trinajstić information content (AvgIpc) is 3.52. The van der Waals surface area contributed by atoms with Crippen LogP contribution in [0.5, 0.6) is 0 Å². The maximum Gasteiger partial charge on any atom is 0.331 e. The largest absolute Gasteiger partial charge is 0.478 e. The van der Waals surface area contributed by atoms with E-state index < -0.39 is 24.0 Å². The summed E-state index contributed by atoms with van der Waals surface area (Å²) in [6, 6.07) is 7.87. The molecule has 0 saturated carbocycles. The van der Waals surface area contributed by atoms with Crippen LogP contribution < -0.4 is 10.6 Å². The number of nitrogens with one attached hydrogen (secondary N) is 2. The first kappa shape index (κ1) is 37.6. The van der Waals surface area contributed by atoms with Crippen LogP contribution in [0.4, 0.5) is 0 Å². The summed E-state index contributed by atoms with van der Waals surface area (Å²) in [5, 5.41) is 17.7. The number of thiazole rings is 1. The molecule has 0 aliphatic carbocycles. The minimum atomic E-state index is -1.05. The Hall–Kier alpha value is -3.83. The Bertz CT molecular complexity index is 1420. The standard InChI is InChI=1S/C36H51N5O5S/c1-8-24(4)32(39-34(43)30-16-12-13-19-40(30)6)35(44)41(7)29(23(2)3)17-18-31-38-28(22-47-31)33(42)37-27(20-25(5)36(45)46)21-26-14-10-9-11-15-26/h9-11,14-15,17-18,20,22-24,27,29-30,32H,8,12-13,16,19,21H2,1-7H3,(H,37,42)(H,39,43)(H,45,46)/t24-,27+,29+,30+,32-/m0/s1. The van der Waals surface area contributed by atoms with E-state index in [0.717, 1.165) is 37.8 Å². The lowest BCUT2D eigenvalue weighted by atomic mass is 9.94. The molecule has 11 heteroatoms. The molecule has 5 atom stereocenters. The van der Waals surface area contributed by atoms with Gasteiger partial charge in [0.2, 0.25) is 11.8 Å². The quantitative estimate of drug-likeness (QED) is 0.228. The first-order chi connectivity index (χ1) is 22.3. The van der Waals surface area contributed by atoms with Gasteiger partial charge >= 0.3 is 5.97 Å². The predicted octanol–water partition coefficient (Wildman–Crippen LogP) is 5.03. The van der Waals surface area contributed by atoms with Gasteiger partial charge in [0.1, 0.15) is 16.7 Å². The van der Waals surface area contributed by atoms with E-state index in [1.807, 2.05) is 77.2 Å². The van der Waals surface area contributed by atoms with Crippen molar-refractivity contribution >= 4 is 41.1 Å². The number of carbonyl (C=O) groups is 4. The highest BCUT2D eigenvalue weighted by molar-refractivity contribution is 7.10. The highest BCUT2D eigenvalue weighted by Gasteiger charge is 2.35. The molecular formula is C36H51N5O5S. The summed E-state index contributed by atoms with van der Waals surface area (Å²) >= 11 is 1.31. The molecule has 3 rings (SSSR count). The Balaban J connectivity index is 1.73. The topological polar surface area (TPSA) is 132 Å². The number of benzene rings is 1. The molecule has 1 aromatic heterocycles. The van der Waals surface area contributed by atoms with E-state index in [-0.39, 0.29) is 47.0 Å². The highest BCUT2D eigenvalue weighted by atomic mass is 32.1. The number of carbonyl (C=O) groups excluding carboxylic acids is 3. The number of likely N-dealkylation sites (N-methyl/N-ethyl adjacent to an activating group) is 2. The van der Waals surface area contributed by atoms with Gasteiger partial charge in [-0.1, -0.05) is 83.0 Å².